The van der Waals surface area contributed by atoms with Crippen molar-refractivity contribution in [2.24, 2.45) is 5.73 Å². The third-order valence-corrected chi connectivity index (χ3v) is 2.13. The average molecular weight is 193 g/mol. The van der Waals surface area contributed by atoms with Crippen LogP contribution in [0.1, 0.15) is 11.1 Å². The van der Waals surface area contributed by atoms with Crippen LogP contribution in [-0.4, -0.2) is 0 Å². The molecule has 2 nitrogen and oxygen atoms in total. The molecule has 0 heterocycles. The van der Waals surface area contributed by atoms with Crippen molar-refractivity contribution in [2.45, 2.75) is 6.92 Å². The van der Waals surface area contributed by atoms with E-state index in [0.29, 0.717) is 10.7 Å². The van der Waals surface area contributed by atoms with Crippen LogP contribution in [0.5, 0.6) is 0 Å². The molecule has 3 heteroatoms. The number of nitriles is 1. The highest BCUT2D eigenvalue weighted by Gasteiger charge is 1.99. The molecule has 0 amide bonds. The van der Waals surface area contributed by atoms with E-state index >= 15 is 0 Å². The number of allylic oxidation sites excluding steroid dienone is 1. The molecule has 0 saturated carbocycles. The zero-order chi connectivity index (χ0) is 9.84. The third kappa shape index (κ3) is 2.24. The van der Waals surface area contributed by atoms with Gasteiger partial charge >= 0.3 is 0 Å². The summed E-state index contributed by atoms with van der Waals surface area (Å²) in [6, 6.07) is 7.33. The first-order chi connectivity index (χ1) is 6.15. The SMILES string of the molecule is Cc1ccc(/C(N)=C/C#N)cc1Cl. The Balaban J connectivity index is 3.13. The monoisotopic (exact) mass is 192 g/mol. The highest BCUT2D eigenvalue weighted by molar-refractivity contribution is 6.31. The second-order valence-corrected chi connectivity index (χ2v) is 3.10. The smallest absolute Gasteiger partial charge is 0.0933 e. The fraction of sp³-hybridized carbons (Fsp3) is 0.100. The van der Waals surface area contributed by atoms with Gasteiger partial charge in [0.05, 0.1) is 6.07 Å². The zero-order valence-electron chi connectivity index (χ0n) is 7.21. The van der Waals surface area contributed by atoms with Crippen molar-refractivity contribution >= 4 is 17.3 Å². The van der Waals surface area contributed by atoms with E-state index in [4.69, 9.17) is 22.6 Å². The first-order valence-corrected chi connectivity index (χ1v) is 4.14. The summed E-state index contributed by atoms with van der Waals surface area (Å²) in [5.41, 5.74) is 7.81. The number of nitrogens with two attached hydrogens (primary N) is 1. The maximum absolute atomic E-state index is 8.38. The molecule has 0 aliphatic rings. The predicted molar refractivity (Wildman–Crippen MR) is 54.0 cm³/mol. The lowest BCUT2D eigenvalue weighted by Gasteiger charge is -2.02. The lowest BCUT2D eigenvalue weighted by Crippen LogP contribution is -1.95. The minimum absolute atomic E-state index is 0.435. The number of benzene rings is 1. The molecule has 0 fully saturated rings. The number of halogens is 1. The summed E-state index contributed by atoms with van der Waals surface area (Å²) in [6.45, 7) is 1.91. The van der Waals surface area contributed by atoms with Gasteiger partial charge in [-0.25, -0.2) is 0 Å². The molecule has 0 aliphatic heterocycles. The summed E-state index contributed by atoms with van der Waals surface area (Å²) >= 11 is 5.89. The Hall–Kier alpha value is -1.46. The molecule has 0 aliphatic carbocycles. The molecule has 1 aromatic carbocycles. The van der Waals surface area contributed by atoms with Crippen LogP contribution in [0, 0.1) is 18.3 Å². The first kappa shape index (κ1) is 9.63. The van der Waals surface area contributed by atoms with E-state index in [1.165, 1.54) is 6.08 Å². The van der Waals surface area contributed by atoms with Crippen LogP contribution in [0.25, 0.3) is 5.70 Å². The van der Waals surface area contributed by atoms with Crippen LogP contribution >= 0.6 is 11.6 Å². The minimum atomic E-state index is 0.435. The molecule has 0 aromatic heterocycles. The largest absolute Gasteiger partial charge is 0.398 e. The molecule has 0 atom stereocenters. The predicted octanol–water partition coefficient (Wildman–Crippen LogP) is 2.47. The molecule has 13 heavy (non-hydrogen) atoms. The number of aryl methyl sites for hydroxylation is 1. The highest BCUT2D eigenvalue weighted by atomic mass is 35.5. The minimum Gasteiger partial charge on any atom is -0.398 e. The molecule has 1 rings (SSSR count). The van der Waals surface area contributed by atoms with Crippen LogP contribution in [0.3, 0.4) is 0 Å². The molecule has 1 aromatic rings. The summed E-state index contributed by atoms with van der Waals surface area (Å²) in [6.07, 6.45) is 1.29. The summed E-state index contributed by atoms with van der Waals surface area (Å²) < 4.78 is 0. The second-order valence-electron chi connectivity index (χ2n) is 2.69. The molecular formula is C10H9ClN2. The number of nitrogens with zero attached hydrogens (tertiary/aromatic N) is 1. The van der Waals surface area contributed by atoms with Gasteiger partial charge in [0.25, 0.3) is 0 Å². The Bertz CT molecular complexity index is 388. The summed E-state index contributed by atoms with van der Waals surface area (Å²) in [7, 11) is 0. The van der Waals surface area contributed by atoms with Crippen molar-refractivity contribution in [1.29, 1.82) is 5.26 Å². The van der Waals surface area contributed by atoms with E-state index in [1.807, 2.05) is 25.1 Å². The molecule has 2 N–H and O–H groups in total. The van der Waals surface area contributed by atoms with Crippen molar-refractivity contribution in [1.82, 2.24) is 0 Å². The van der Waals surface area contributed by atoms with Crippen molar-refractivity contribution in [3.05, 3.63) is 40.4 Å². The van der Waals surface area contributed by atoms with Gasteiger partial charge in [0.2, 0.25) is 0 Å². The van der Waals surface area contributed by atoms with Gasteiger partial charge in [-0.15, -0.1) is 0 Å². The van der Waals surface area contributed by atoms with Crippen molar-refractivity contribution in [3.63, 3.8) is 0 Å². The van der Waals surface area contributed by atoms with E-state index < -0.39 is 0 Å². The van der Waals surface area contributed by atoms with Gasteiger partial charge in [0, 0.05) is 16.8 Å². The maximum Gasteiger partial charge on any atom is 0.0933 e. The van der Waals surface area contributed by atoms with Gasteiger partial charge in [-0.05, 0) is 24.1 Å². The van der Waals surface area contributed by atoms with Crippen molar-refractivity contribution in [3.8, 4) is 6.07 Å². The average Bonchev–Trinajstić information content (AvgIpc) is 2.10. The molecule has 0 bridgehead atoms. The Kier molecular flexibility index (Phi) is 2.94. The van der Waals surface area contributed by atoms with Crippen LogP contribution in [0.15, 0.2) is 24.3 Å². The molecule has 0 unspecified atom stereocenters. The van der Waals surface area contributed by atoms with E-state index in [-0.39, 0.29) is 0 Å². The molecule has 0 saturated heterocycles. The van der Waals surface area contributed by atoms with E-state index in [2.05, 4.69) is 0 Å². The van der Waals surface area contributed by atoms with Crippen LogP contribution in [0.4, 0.5) is 0 Å². The van der Waals surface area contributed by atoms with Gasteiger partial charge < -0.3 is 5.73 Å². The van der Waals surface area contributed by atoms with E-state index in [9.17, 15) is 0 Å². The fourth-order valence-electron chi connectivity index (χ4n) is 0.925. The van der Waals surface area contributed by atoms with Gasteiger partial charge in [0.1, 0.15) is 0 Å². The molecule has 0 radical (unpaired) electrons. The topological polar surface area (TPSA) is 49.8 Å². The summed E-state index contributed by atoms with van der Waals surface area (Å²) in [5.74, 6) is 0. The van der Waals surface area contributed by atoms with E-state index in [1.54, 1.807) is 6.07 Å². The van der Waals surface area contributed by atoms with Gasteiger partial charge in [0.15, 0.2) is 0 Å². The number of hydrogen-bond acceptors (Lipinski definition) is 2. The third-order valence-electron chi connectivity index (χ3n) is 1.73. The lowest BCUT2D eigenvalue weighted by atomic mass is 10.1. The molecular weight excluding hydrogens is 184 g/mol. The highest BCUT2D eigenvalue weighted by Crippen LogP contribution is 2.19. The maximum atomic E-state index is 8.38. The Morgan fingerprint density at radius 2 is 2.31 bits per heavy atom. The van der Waals surface area contributed by atoms with Gasteiger partial charge in [-0.3, -0.25) is 0 Å². The fourth-order valence-corrected chi connectivity index (χ4v) is 1.11. The number of hydrogen-bond donors (Lipinski definition) is 1. The normalized spacial score (nSPS) is 11.0. The second kappa shape index (κ2) is 3.97. The van der Waals surface area contributed by atoms with Crippen molar-refractivity contribution in [2.75, 3.05) is 0 Å². The quantitative estimate of drug-likeness (QED) is 0.695. The molecule has 0 spiro atoms. The Morgan fingerprint density at radius 1 is 1.62 bits per heavy atom. The van der Waals surface area contributed by atoms with E-state index in [0.717, 1.165) is 11.1 Å². The number of rotatable bonds is 1. The summed E-state index contributed by atoms with van der Waals surface area (Å²) in [5, 5.41) is 9.04. The van der Waals surface area contributed by atoms with Crippen LogP contribution in [-0.2, 0) is 0 Å². The Morgan fingerprint density at radius 3 is 2.85 bits per heavy atom. The standard InChI is InChI=1S/C10H9ClN2/c1-7-2-3-8(6-9(7)11)10(13)4-5-12/h2-4,6H,13H2,1H3/b10-4-. The van der Waals surface area contributed by atoms with Gasteiger partial charge in [-0.2, -0.15) is 5.26 Å². The lowest BCUT2D eigenvalue weighted by molar-refractivity contribution is 1.43. The molecule has 66 valence electrons. The van der Waals surface area contributed by atoms with Gasteiger partial charge in [-0.1, -0.05) is 23.7 Å². The Labute approximate surface area is 82.2 Å². The van der Waals surface area contributed by atoms with Crippen molar-refractivity contribution < 1.29 is 0 Å². The first-order valence-electron chi connectivity index (χ1n) is 3.77. The summed E-state index contributed by atoms with van der Waals surface area (Å²) in [4.78, 5) is 0. The van der Waals surface area contributed by atoms with Crippen LogP contribution < -0.4 is 5.73 Å². The van der Waals surface area contributed by atoms with Crippen LogP contribution in [0.2, 0.25) is 5.02 Å². The zero-order valence-corrected chi connectivity index (χ0v) is 7.97.